The number of hydrogen-bond donors (Lipinski definition) is 2. The Morgan fingerprint density at radius 2 is 1.61 bits per heavy atom. The molecule has 0 unspecified atom stereocenters. The Kier molecular flexibility index (Phi) is 4.87. The van der Waals surface area contributed by atoms with Crippen LogP contribution in [0.1, 0.15) is 37.4 Å². The van der Waals surface area contributed by atoms with Crippen molar-refractivity contribution in [3.8, 4) is 0 Å². The number of ether oxygens (including phenoxy) is 1. The number of benzene rings is 2. The van der Waals surface area contributed by atoms with E-state index in [-0.39, 0.29) is 11.8 Å². The first-order chi connectivity index (χ1) is 13.6. The van der Waals surface area contributed by atoms with Crippen LogP contribution in [0.5, 0.6) is 0 Å². The van der Waals surface area contributed by atoms with Gasteiger partial charge in [-0.05, 0) is 66.1 Å². The lowest BCUT2D eigenvalue weighted by atomic mass is 10.1. The predicted molar refractivity (Wildman–Crippen MR) is 106 cm³/mol. The van der Waals surface area contributed by atoms with E-state index in [0.717, 1.165) is 16.7 Å². The van der Waals surface area contributed by atoms with Crippen LogP contribution in [0, 0.1) is 6.92 Å². The van der Waals surface area contributed by atoms with Crippen LogP contribution in [0.4, 0.5) is 11.4 Å². The Hall–Kier alpha value is -3.51. The number of hydrogen-bond acceptors (Lipinski definition) is 4. The number of pyridine rings is 1. The molecule has 0 fully saturated rings. The first-order valence-electron chi connectivity index (χ1n) is 8.93. The van der Waals surface area contributed by atoms with E-state index in [1.54, 1.807) is 42.7 Å². The van der Waals surface area contributed by atoms with Gasteiger partial charge >= 0.3 is 0 Å². The lowest BCUT2D eigenvalue weighted by Gasteiger charge is -2.09. The fourth-order valence-electron chi connectivity index (χ4n) is 3.01. The van der Waals surface area contributed by atoms with Crippen LogP contribution >= 0.6 is 0 Å². The lowest BCUT2D eigenvalue weighted by Crippen LogP contribution is -2.14. The van der Waals surface area contributed by atoms with E-state index in [4.69, 9.17) is 4.74 Å². The van der Waals surface area contributed by atoms with Gasteiger partial charge in [-0.2, -0.15) is 0 Å². The quantitative estimate of drug-likeness (QED) is 0.726. The Morgan fingerprint density at radius 1 is 0.893 bits per heavy atom. The number of nitrogens with zero attached hydrogens (tertiary/aromatic N) is 1. The normalized spacial score (nSPS) is 12.3. The highest BCUT2D eigenvalue weighted by atomic mass is 16.5. The molecule has 1 aliphatic rings. The highest BCUT2D eigenvalue weighted by Crippen LogP contribution is 2.22. The van der Waals surface area contributed by atoms with Gasteiger partial charge in [-0.25, -0.2) is 0 Å². The predicted octanol–water partition coefficient (Wildman–Crippen LogP) is 3.92. The van der Waals surface area contributed by atoms with E-state index in [9.17, 15) is 9.59 Å². The molecule has 0 spiro atoms. The molecule has 6 heteroatoms. The second-order valence-electron chi connectivity index (χ2n) is 6.65. The second kappa shape index (κ2) is 7.62. The summed E-state index contributed by atoms with van der Waals surface area (Å²) in [4.78, 5) is 28.9. The van der Waals surface area contributed by atoms with Crippen molar-refractivity contribution in [1.82, 2.24) is 4.98 Å². The third-order valence-corrected chi connectivity index (χ3v) is 4.68. The molecular formula is C22H19N3O3. The van der Waals surface area contributed by atoms with Crippen LogP contribution in [0.2, 0.25) is 0 Å². The van der Waals surface area contributed by atoms with E-state index in [1.807, 2.05) is 25.1 Å². The van der Waals surface area contributed by atoms with Crippen LogP contribution in [0.25, 0.3) is 0 Å². The highest BCUT2D eigenvalue weighted by Gasteiger charge is 2.15. The monoisotopic (exact) mass is 373 g/mol. The molecule has 140 valence electrons. The minimum atomic E-state index is -0.229. The molecule has 2 heterocycles. The SMILES string of the molecule is Cc1ccncc1NC(=O)c1ccc(NC(=O)c2ccc3c(c2)COC3)cc1. The van der Waals surface area contributed by atoms with Gasteiger partial charge < -0.3 is 15.4 Å². The zero-order chi connectivity index (χ0) is 19.5. The molecule has 0 saturated carbocycles. The average molecular weight is 373 g/mol. The fraction of sp³-hybridized carbons (Fsp3) is 0.136. The number of fused-ring (bicyclic) bond motifs is 1. The summed E-state index contributed by atoms with van der Waals surface area (Å²) in [7, 11) is 0. The van der Waals surface area contributed by atoms with Gasteiger partial charge in [0.15, 0.2) is 0 Å². The number of carbonyl (C=O) groups is 2. The topological polar surface area (TPSA) is 80.3 Å². The van der Waals surface area contributed by atoms with Gasteiger partial charge in [0, 0.05) is 23.0 Å². The molecule has 0 radical (unpaired) electrons. The third kappa shape index (κ3) is 3.77. The zero-order valence-electron chi connectivity index (χ0n) is 15.4. The maximum Gasteiger partial charge on any atom is 0.255 e. The minimum absolute atomic E-state index is 0.196. The van der Waals surface area contributed by atoms with Crippen molar-refractivity contribution in [2.45, 2.75) is 20.1 Å². The van der Waals surface area contributed by atoms with Gasteiger partial charge in [0.05, 0.1) is 25.1 Å². The first-order valence-corrected chi connectivity index (χ1v) is 8.93. The molecule has 1 aromatic heterocycles. The molecule has 2 amide bonds. The molecule has 6 nitrogen and oxygen atoms in total. The summed E-state index contributed by atoms with van der Waals surface area (Å²) >= 11 is 0. The largest absolute Gasteiger partial charge is 0.372 e. The summed E-state index contributed by atoms with van der Waals surface area (Å²) in [6.07, 6.45) is 3.29. The van der Waals surface area contributed by atoms with Gasteiger partial charge in [0.2, 0.25) is 0 Å². The number of carbonyl (C=O) groups excluding carboxylic acids is 2. The van der Waals surface area contributed by atoms with Gasteiger partial charge in [-0.1, -0.05) is 6.07 Å². The molecule has 3 aromatic rings. The van der Waals surface area contributed by atoms with Gasteiger partial charge in [-0.15, -0.1) is 0 Å². The third-order valence-electron chi connectivity index (χ3n) is 4.68. The van der Waals surface area contributed by atoms with Crippen LogP contribution in [0.15, 0.2) is 60.9 Å². The number of anilines is 2. The Labute approximate surface area is 162 Å². The molecule has 0 bridgehead atoms. The molecule has 28 heavy (non-hydrogen) atoms. The number of nitrogens with one attached hydrogen (secondary N) is 2. The minimum Gasteiger partial charge on any atom is -0.372 e. The maximum absolute atomic E-state index is 12.5. The molecule has 0 atom stereocenters. The van der Waals surface area contributed by atoms with E-state index in [1.165, 1.54) is 0 Å². The van der Waals surface area contributed by atoms with Crippen molar-refractivity contribution in [1.29, 1.82) is 0 Å². The summed E-state index contributed by atoms with van der Waals surface area (Å²) in [5.41, 5.74) is 5.48. The lowest BCUT2D eigenvalue weighted by molar-refractivity contribution is 0.101. The number of rotatable bonds is 4. The molecule has 2 aromatic carbocycles. The average Bonchev–Trinajstić information content (AvgIpc) is 3.18. The first kappa shape index (κ1) is 17.9. The van der Waals surface area contributed by atoms with Crippen LogP contribution in [0.3, 0.4) is 0 Å². The number of aromatic nitrogens is 1. The smallest absolute Gasteiger partial charge is 0.255 e. The van der Waals surface area contributed by atoms with E-state index in [2.05, 4.69) is 15.6 Å². The molecule has 2 N–H and O–H groups in total. The fourth-order valence-corrected chi connectivity index (χ4v) is 3.01. The van der Waals surface area contributed by atoms with Gasteiger partial charge in [0.1, 0.15) is 0 Å². The standard InChI is InChI=1S/C22H19N3O3/c1-14-8-9-23-11-20(14)25-21(26)15-4-6-19(7-5-15)24-22(27)16-2-3-17-12-28-13-18(17)10-16/h2-11H,12-13H2,1H3,(H,24,27)(H,25,26). The van der Waals surface area contributed by atoms with E-state index < -0.39 is 0 Å². The van der Waals surface area contributed by atoms with Crippen molar-refractivity contribution >= 4 is 23.2 Å². The zero-order valence-corrected chi connectivity index (χ0v) is 15.4. The Morgan fingerprint density at radius 3 is 2.39 bits per heavy atom. The molecular weight excluding hydrogens is 354 g/mol. The summed E-state index contributed by atoms with van der Waals surface area (Å²) in [5, 5.41) is 5.69. The molecule has 0 saturated heterocycles. The molecule has 0 aliphatic carbocycles. The van der Waals surface area contributed by atoms with Crippen LogP contribution in [-0.4, -0.2) is 16.8 Å². The van der Waals surface area contributed by atoms with Crippen molar-refractivity contribution in [2.75, 3.05) is 10.6 Å². The number of amides is 2. The highest BCUT2D eigenvalue weighted by molar-refractivity contribution is 6.06. The Balaban J connectivity index is 1.42. The maximum atomic E-state index is 12.5. The molecule has 4 rings (SSSR count). The summed E-state index contributed by atoms with van der Waals surface area (Å²) in [6.45, 7) is 3.04. The summed E-state index contributed by atoms with van der Waals surface area (Å²) in [6, 6.07) is 14.2. The van der Waals surface area contributed by atoms with Crippen LogP contribution in [-0.2, 0) is 18.0 Å². The second-order valence-corrected chi connectivity index (χ2v) is 6.65. The number of aryl methyl sites for hydroxylation is 1. The van der Waals surface area contributed by atoms with Crippen molar-refractivity contribution < 1.29 is 14.3 Å². The van der Waals surface area contributed by atoms with Gasteiger partial charge in [-0.3, -0.25) is 14.6 Å². The summed E-state index contributed by atoms with van der Waals surface area (Å²) < 4.78 is 5.38. The van der Waals surface area contributed by atoms with Crippen LogP contribution < -0.4 is 10.6 Å². The Bertz CT molecular complexity index is 1050. The van der Waals surface area contributed by atoms with E-state index in [0.29, 0.717) is 35.7 Å². The van der Waals surface area contributed by atoms with E-state index >= 15 is 0 Å². The molecule has 1 aliphatic heterocycles. The van der Waals surface area contributed by atoms with Crippen molar-refractivity contribution in [3.63, 3.8) is 0 Å². The summed E-state index contributed by atoms with van der Waals surface area (Å²) in [5.74, 6) is -0.425. The van der Waals surface area contributed by atoms with Crippen molar-refractivity contribution in [2.24, 2.45) is 0 Å². The van der Waals surface area contributed by atoms with Crippen molar-refractivity contribution in [3.05, 3.63) is 88.7 Å². The van der Waals surface area contributed by atoms with Gasteiger partial charge in [0.25, 0.3) is 11.8 Å².